The highest BCUT2D eigenvalue weighted by Gasteiger charge is 2.15. The lowest BCUT2D eigenvalue weighted by atomic mass is 10.1. The molecule has 0 aromatic carbocycles. The van der Waals surface area contributed by atoms with Gasteiger partial charge in [-0.3, -0.25) is 20.1 Å². The molecule has 0 radical (unpaired) electrons. The van der Waals surface area contributed by atoms with Crippen LogP contribution in [-0.4, -0.2) is 30.1 Å². The number of aromatic amines is 2. The van der Waals surface area contributed by atoms with Crippen molar-refractivity contribution >= 4 is 27.5 Å². The molecule has 0 fully saturated rings. The van der Waals surface area contributed by atoms with Crippen molar-refractivity contribution in [3.05, 3.63) is 67.8 Å². The second kappa shape index (κ2) is 6.28. The summed E-state index contributed by atoms with van der Waals surface area (Å²) in [5, 5.41) is 9.59. The summed E-state index contributed by atoms with van der Waals surface area (Å²) in [5.74, 6) is 0. The topological polar surface area (TPSA) is 122 Å². The first-order chi connectivity index (χ1) is 14.8. The van der Waals surface area contributed by atoms with E-state index >= 15 is 0 Å². The van der Waals surface area contributed by atoms with Gasteiger partial charge < -0.3 is 15.1 Å². The van der Waals surface area contributed by atoms with E-state index in [9.17, 15) is 0 Å². The van der Waals surface area contributed by atoms with Gasteiger partial charge in [0.15, 0.2) is 0 Å². The van der Waals surface area contributed by atoms with Crippen molar-refractivity contribution in [2.45, 2.75) is 0 Å². The molecule has 0 aliphatic heterocycles. The van der Waals surface area contributed by atoms with Crippen LogP contribution in [0, 0.1) is 0 Å². The lowest BCUT2D eigenvalue weighted by molar-refractivity contribution is 0.568. The maximum atomic E-state index is 5.88. The summed E-state index contributed by atoms with van der Waals surface area (Å²) in [7, 11) is 0. The van der Waals surface area contributed by atoms with E-state index in [4.69, 9.17) is 10.2 Å². The van der Waals surface area contributed by atoms with E-state index in [1.54, 1.807) is 31.1 Å². The summed E-state index contributed by atoms with van der Waals surface area (Å²) in [6, 6.07) is 7.85. The Morgan fingerprint density at radius 2 is 1.80 bits per heavy atom. The predicted molar refractivity (Wildman–Crippen MR) is 114 cm³/mol. The number of furan rings is 1. The molecule has 8 heteroatoms. The molecule has 0 aliphatic rings. The lowest BCUT2D eigenvalue weighted by Crippen LogP contribution is -1.89. The minimum absolute atomic E-state index is 0.594. The number of aromatic nitrogens is 6. The van der Waals surface area contributed by atoms with Crippen molar-refractivity contribution in [3.63, 3.8) is 0 Å². The van der Waals surface area contributed by atoms with Gasteiger partial charge in [0, 0.05) is 46.1 Å². The molecule has 0 bridgehead atoms. The van der Waals surface area contributed by atoms with E-state index in [-0.39, 0.29) is 0 Å². The first-order valence-electron chi connectivity index (χ1n) is 9.31. The van der Waals surface area contributed by atoms with Gasteiger partial charge in [-0.2, -0.15) is 5.10 Å². The highest BCUT2D eigenvalue weighted by molar-refractivity contribution is 6.00. The molecule has 6 rings (SSSR count). The van der Waals surface area contributed by atoms with Gasteiger partial charge in [-0.1, -0.05) is 0 Å². The van der Waals surface area contributed by atoms with Crippen LogP contribution in [0.5, 0.6) is 0 Å². The van der Waals surface area contributed by atoms with Gasteiger partial charge >= 0.3 is 0 Å². The standard InChI is InChI=1S/C22H15N7O/c23-14-3-13(6-24-7-14)18-5-16-21(10-26-18)28-29-22(16)19-4-15-17(12-1-2-30-11-12)8-25-9-20(15)27-19/h1-11,27H,23H2,(H,28,29). The number of rotatable bonds is 3. The largest absolute Gasteiger partial charge is 0.472 e. The third kappa shape index (κ3) is 2.55. The second-order valence-electron chi connectivity index (χ2n) is 7.04. The normalized spacial score (nSPS) is 11.5. The molecule has 0 amide bonds. The van der Waals surface area contributed by atoms with Crippen molar-refractivity contribution in [1.29, 1.82) is 0 Å². The van der Waals surface area contributed by atoms with Crippen LogP contribution in [0.1, 0.15) is 0 Å². The number of hydrogen-bond donors (Lipinski definition) is 3. The number of nitrogens with one attached hydrogen (secondary N) is 2. The van der Waals surface area contributed by atoms with Crippen molar-refractivity contribution in [2.24, 2.45) is 0 Å². The van der Waals surface area contributed by atoms with Crippen LogP contribution in [0.15, 0.2) is 72.2 Å². The van der Waals surface area contributed by atoms with Gasteiger partial charge in [-0.05, 0) is 24.3 Å². The molecule has 144 valence electrons. The molecular weight excluding hydrogens is 378 g/mol. The van der Waals surface area contributed by atoms with Crippen molar-refractivity contribution in [3.8, 4) is 33.8 Å². The van der Waals surface area contributed by atoms with Gasteiger partial charge in [0.05, 0.1) is 53.0 Å². The smallest absolute Gasteiger partial charge is 0.116 e. The minimum atomic E-state index is 0.594. The molecule has 30 heavy (non-hydrogen) atoms. The lowest BCUT2D eigenvalue weighted by Gasteiger charge is -2.02. The molecule has 0 atom stereocenters. The fraction of sp³-hybridized carbons (Fsp3) is 0. The third-order valence-electron chi connectivity index (χ3n) is 5.14. The third-order valence-corrected chi connectivity index (χ3v) is 5.14. The maximum absolute atomic E-state index is 5.88. The average molecular weight is 393 g/mol. The zero-order valence-corrected chi connectivity index (χ0v) is 15.6. The van der Waals surface area contributed by atoms with Crippen LogP contribution in [0.25, 0.3) is 55.6 Å². The van der Waals surface area contributed by atoms with Crippen LogP contribution in [0.4, 0.5) is 5.69 Å². The molecule has 6 aromatic rings. The zero-order chi connectivity index (χ0) is 20.1. The Bertz CT molecular complexity index is 1510. The number of nitrogens with two attached hydrogens (primary N) is 1. The molecule has 6 heterocycles. The van der Waals surface area contributed by atoms with Crippen LogP contribution < -0.4 is 5.73 Å². The number of nitrogens with zero attached hydrogens (tertiary/aromatic N) is 4. The molecule has 8 nitrogen and oxygen atoms in total. The van der Waals surface area contributed by atoms with E-state index < -0.39 is 0 Å². The molecular formula is C22H15N7O. The molecule has 0 spiro atoms. The van der Waals surface area contributed by atoms with Gasteiger partial charge in [0.25, 0.3) is 0 Å². The summed E-state index contributed by atoms with van der Waals surface area (Å²) in [4.78, 5) is 16.5. The Morgan fingerprint density at radius 1 is 0.867 bits per heavy atom. The fourth-order valence-electron chi connectivity index (χ4n) is 3.70. The average Bonchev–Trinajstić information content (AvgIpc) is 3.51. The first-order valence-corrected chi connectivity index (χ1v) is 9.31. The van der Waals surface area contributed by atoms with E-state index in [2.05, 4.69) is 36.2 Å². The van der Waals surface area contributed by atoms with E-state index in [0.717, 1.165) is 55.6 Å². The monoisotopic (exact) mass is 393 g/mol. The van der Waals surface area contributed by atoms with Crippen LogP contribution in [0.3, 0.4) is 0 Å². The number of nitrogen functional groups attached to an aromatic ring is 1. The van der Waals surface area contributed by atoms with Crippen molar-refractivity contribution < 1.29 is 4.42 Å². The van der Waals surface area contributed by atoms with Gasteiger partial charge in [0.1, 0.15) is 5.69 Å². The van der Waals surface area contributed by atoms with Crippen LogP contribution >= 0.6 is 0 Å². The SMILES string of the molecule is Nc1cncc(-c2cc3c(-c4cc5c(-c6ccoc6)cncc5[nH]4)n[nH]c3cn2)c1. The van der Waals surface area contributed by atoms with Crippen LogP contribution in [0.2, 0.25) is 0 Å². The molecule has 6 aromatic heterocycles. The highest BCUT2D eigenvalue weighted by Crippen LogP contribution is 2.34. The van der Waals surface area contributed by atoms with Gasteiger partial charge in [-0.25, -0.2) is 0 Å². The summed E-state index contributed by atoms with van der Waals surface area (Å²) >= 11 is 0. The Labute approximate surface area is 169 Å². The maximum Gasteiger partial charge on any atom is 0.116 e. The van der Waals surface area contributed by atoms with E-state index in [1.807, 2.05) is 30.6 Å². The Balaban J connectivity index is 1.52. The quantitative estimate of drug-likeness (QED) is 0.409. The highest BCUT2D eigenvalue weighted by atomic mass is 16.3. The zero-order valence-electron chi connectivity index (χ0n) is 15.6. The predicted octanol–water partition coefficient (Wildman–Crippen LogP) is 4.41. The summed E-state index contributed by atoms with van der Waals surface area (Å²) in [6.45, 7) is 0. The number of hydrogen-bond acceptors (Lipinski definition) is 6. The van der Waals surface area contributed by atoms with E-state index in [0.29, 0.717) is 5.69 Å². The molecule has 0 unspecified atom stereocenters. The van der Waals surface area contributed by atoms with Gasteiger partial charge in [-0.15, -0.1) is 0 Å². The molecule has 0 saturated heterocycles. The Morgan fingerprint density at radius 3 is 2.67 bits per heavy atom. The Hall–Kier alpha value is -4.46. The Kier molecular flexibility index (Phi) is 3.45. The second-order valence-corrected chi connectivity index (χ2v) is 7.04. The number of H-pyrrole nitrogens is 2. The number of anilines is 1. The van der Waals surface area contributed by atoms with Crippen molar-refractivity contribution in [1.82, 2.24) is 30.1 Å². The first kappa shape index (κ1) is 16.5. The summed E-state index contributed by atoms with van der Waals surface area (Å²) in [6.07, 6.45) is 12.1. The van der Waals surface area contributed by atoms with Gasteiger partial charge in [0.2, 0.25) is 0 Å². The molecule has 4 N–H and O–H groups in total. The molecule has 0 saturated carbocycles. The molecule has 0 aliphatic carbocycles. The van der Waals surface area contributed by atoms with Crippen LogP contribution in [-0.2, 0) is 0 Å². The van der Waals surface area contributed by atoms with E-state index in [1.165, 1.54) is 0 Å². The fourth-order valence-corrected chi connectivity index (χ4v) is 3.70. The summed E-state index contributed by atoms with van der Waals surface area (Å²) in [5.41, 5.74) is 13.5. The number of pyridine rings is 3. The summed E-state index contributed by atoms with van der Waals surface area (Å²) < 4.78 is 5.24. The minimum Gasteiger partial charge on any atom is -0.472 e. The number of fused-ring (bicyclic) bond motifs is 2. The van der Waals surface area contributed by atoms with Crippen molar-refractivity contribution in [2.75, 3.05) is 5.73 Å².